The van der Waals surface area contributed by atoms with Gasteiger partial charge in [0.2, 0.25) is 0 Å². The van der Waals surface area contributed by atoms with Crippen molar-refractivity contribution in [3.63, 3.8) is 0 Å². The lowest BCUT2D eigenvalue weighted by Gasteiger charge is -2.18. The van der Waals surface area contributed by atoms with E-state index in [0.717, 1.165) is 0 Å². The highest BCUT2D eigenvalue weighted by molar-refractivity contribution is 6.07. The lowest BCUT2D eigenvalue weighted by atomic mass is 10.1. The molecule has 8 nitrogen and oxygen atoms in total. The van der Waals surface area contributed by atoms with E-state index in [9.17, 15) is 9.59 Å². The summed E-state index contributed by atoms with van der Waals surface area (Å²) < 4.78 is 23.0. The number of anilines is 1. The summed E-state index contributed by atoms with van der Waals surface area (Å²) in [6, 6.07) is 8.42. The largest absolute Gasteiger partial charge is 0.497 e. The average molecular weight is 388 g/mol. The van der Waals surface area contributed by atoms with E-state index in [1.54, 1.807) is 43.1 Å². The van der Waals surface area contributed by atoms with Crippen LogP contribution in [0.2, 0.25) is 0 Å². The molecule has 0 spiro atoms. The molecule has 0 fully saturated rings. The number of amides is 1. The van der Waals surface area contributed by atoms with Crippen molar-refractivity contribution in [2.45, 2.75) is 13.0 Å². The maximum Gasteiger partial charge on any atom is 0.261 e. The molecule has 28 heavy (non-hydrogen) atoms. The molecule has 1 aromatic carbocycles. The first kappa shape index (κ1) is 19.9. The van der Waals surface area contributed by atoms with Gasteiger partial charge in [-0.2, -0.15) is 0 Å². The molecule has 2 heterocycles. The number of nitrogens with one attached hydrogen (secondary N) is 1. The molecule has 0 saturated heterocycles. The van der Waals surface area contributed by atoms with Crippen molar-refractivity contribution in [1.82, 2.24) is 4.57 Å². The Morgan fingerprint density at radius 3 is 2.86 bits per heavy atom. The van der Waals surface area contributed by atoms with E-state index >= 15 is 0 Å². The minimum Gasteiger partial charge on any atom is -0.497 e. The Bertz CT molecular complexity index is 893. The average Bonchev–Trinajstić information content (AvgIpc) is 2.95. The second-order valence-electron chi connectivity index (χ2n) is 6.21. The minimum atomic E-state index is -0.355. The number of rotatable bonds is 7. The van der Waals surface area contributed by atoms with Gasteiger partial charge in [-0.05, 0) is 12.1 Å². The number of hydrogen-bond acceptors (Lipinski definition) is 6. The van der Waals surface area contributed by atoms with Gasteiger partial charge in [-0.3, -0.25) is 9.59 Å². The van der Waals surface area contributed by atoms with Crippen molar-refractivity contribution < 1.29 is 23.7 Å². The van der Waals surface area contributed by atoms with E-state index < -0.39 is 0 Å². The van der Waals surface area contributed by atoms with Gasteiger partial charge in [0.05, 0.1) is 26.9 Å². The predicted molar refractivity (Wildman–Crippen MR) is 104 cm³/mol. The van der Waals surface area contributed by atoms with Crippen LogP contribution in [-0.4, -0.2) is 51.1 Å². The quantitative estimate of drug-likeness (QED) is 0.727. The maximum absolute atomic E-state index is 13.1. The summed E-state index contributed by atoms with van der Waals surface area (Å²) in [5.41, 5.74) is 1.31. The number of ether oxygens (including phenoxy) is 4. The molecule has 1 N–H and O–H groups in total. The highest BCUT2D eigenvalue weighted by Crippen LogP contribution is 2.25. The Labute approximate surface area is 163 Å². The highest BCUT2D eigenvalue weighted by Gasteiger charge is 2.24. The van der Waals surface area contributed by atoms with Crippen LogP contribution in [0.1, 0.15) is 16.1 Å². The molecule has 8 heteroatoms. The van der Waals surface area contributed by atoms with Crippen LogP contribution in [-0.2, 0) is 22.4 Å². The van der Waals surface area contributed by atoms with Gasteiger partial charge >= 0.3 is 0 Å². The fraction of sp³-hybridized carbons (Fsp3) is 0.400. The Morgan fingerprint density at radius 1 is 1.21 bits per heavy atom. The van der Waals surface area contributed by atoms with Gasteiger partial charge in [0.15, 0.2) is 0 Å². The van der Waals surface area contributed by atoms with E-state index in [-0.39, 0.29) is 23.8 Å². The van der Waals surface area contributed by atoms with Gasteiger partial charge in [-0.1, -0.05) is 6.07 Å². The molecule has 0 unspecified atom stereocenters. The zero-order chi connectivity index (χ0) is 19.9. The van der Waals surface area contributed by atoms with Gasteiger partial charge in [-0.25, -0.2) is 0 Å². The first-order valence-electron chi connectivity index (χ1n) is 9.05. The zero-order valence-electron chi connectivity index (χ0n) is 16.0. The molecule has 1 aliphatic heterocycles. The summed E-state index contributed by atoms with van der Waals surface area (Å²) in [7, 11) is 3.12. The summed E-state index contributed by atoms with van der Waals surface area (Å²) in [5, 5.41) is 2.87. The molecule has 0 radical (unpaired) electrons. The number of pyridine rings is 1. The number of methoxy groups -OCH3 is 2. The molecule has 150 valence electrons. The number of fused-ring (bicyclic) bond motifs is 1. The smallest absolute Gasteiger partial charge is 0.261 e. The third-order valence-corrected chi connectivity index (χ3v) is 4.42. The summed E-state index contributed by atoms with van der Waals surface area (Å²) in [4.78, 5) is 25.7. The topological polar surface area (TPSA) is 88.0 Å². The molecule has 0 saturated carbocycles. The monoisotopic (exact) mass is 388 g/mol. The van der Waals surface area contributed by atoms with Gasteiger partial charge in [0.1, 0.15) is 23.7 Å². The van der Waals surface area contributed by atoms with Gasteiger partial charge in [0.25, 0.3) is 11.5 Å². The molecule has 3 rings (SSSR count). The van der Waals surface area contributed by atoms with Crippen LogP contribution < -0.4 is 20.3 Å². The van der Waals surface area contributed by atoms with Crippen LogP contribution in [0.3, 0.4) is 0 Å². The number of carbonyl (C=O) groups is 1. The summed E-state index contributed by atoms with van der Waals surface area (Å²) in [6.45, 7) is 1.83. The van der Waals surface area contributed by atoms with Crippen LogP contribution in [0.4, 0.5) is 5.69 Å². The number of aromatic nitrogens is 1. The maximum atomic E-state index is 13.1. The van der Waals surface area contributed by atoms with E-state index in [4.69, 9.17) is 18.9 Å². The molecular formula is C20H24N2O6. The van der Waals surface area contributed by atoms with Crippen LogP contribution in [0, 0.1) is 0 Å². The summed E-state index contributed by atoms with van der Waals surface area (Å²) in [6.07, 6.45) is 0.442. The second-order valence-corrected chi connectivity index (χ2v) is 6.21. The first-order valence-corrected chi connectivity index (χ1v) is 9.05. The van der Waals surface area contributed by atoms with Crippen LogP contribution >= 0.6 is 0 Å². The molecule has 1 amide bonds. The van der Waals surface area contributed by atoms with Crippen molar-refractivity contribution in [3.05, 3.63) is 51.9 Å². The number of benzene rings is 1. The SMILES string of the molecule is COCCOc1cc(=O)n2c(c1C(=O)Nc1cccc(OC)c1)CCOCC2. The molecule has 0 atom stereocenters. The van der Waals surface area contributed by atoms with E-state index in [2.05, 4.69) is 5.32 Å². The van der Waals surface area contributed by atoms with Gasteiger partial charge in [-0.15, -0.1) is 0 Å². The van der Waals surface area contributed by atoms with Crippen LogP contribution in [0.5, 0.6) is 11.5 Å². The van der Waals surface area contributed by atoms with Gasteiger partial charge in [0, 0.05) is 43.6 Å². The lowest BCUT2D eigenvalue weighted by molar-refractivity contribution is 0.101. The van der Waals surface area contributed by atoms with Crippen molar-refractivity contribution in [2.24, 2.45) is 0 Å². The van der Waals surface area contributed by atoms with Crippen LogP contribution in [0.15, 0.2) is 35.1 Å². The van der Waals surface area contributed by atoms with E-state index in [0.29, 0.717) is 55.5 Å². The first-order chi connectivity index (χ1) is 13.6. The Balaban J connectivity index is 2.00. The van der Waals surface area contributed by atoms with Crippen molar-refractivity contribution in [1.29, 1.82) is 0 Å². The fourth-order valence-corrected chi connectivity index (χ4v) is 3.09. The van der Waals surface area contributed by atoms with Gasteiger partial charge < -0.3 is 28.8 Å². The third-order valence-electron chi connectivity index (χ3n) is 4.42. The van der Waals surface area contributed by atoms with Crippen molar-refractivity contribution >= 4 is 11.6 Å². The lowest BCUT2D eigenvalue weighted by Crippen LogP contribution is -2.29. The second kappa shape index (κ2) is 9.38. The molecule has 2 aromatic rings. The Hall–Kier alpha value is -2.84. The molecule has 0 aliphatic carbocycles. The summed E-state index contributed by atoms with van der Waals surface area (Å²) in [5.74, 6) is 0.521. The zero-order valence-corrected chi connectivity index (χ0v) is 16.0. The fourth-order valence-electron chi connectivity index (χ4n) is 3.09. The normalized spacial score (nSPS) is 13.4. The molecule has 1 aromatic heterocycles. The predicted octanol–water partition coefficient (Wildman–Crippen LogP) is 1.71. The van der Waals surface area contributed by atoms with E-state index in [1.165, 1.54) is 6.07 Å². The Morgan fingerprint density at radius 2 is 2.07 bits per heavy atom. The minimum absolute atomic E-state index is 0.217. The summed E-state index contributed by atoms with van der Waals surface area (Å²) >= 11 is 0. The highest BCUT2D eigenvalue weighted by atomic mass is 16.5. The van der Waals surface area contributed by atoms with Crippen molar-refractivity contribution in [2.75, 3.05) is 46.0 Å². The molecule has 1 aliphatic rings. The molecule has 0 bridgehead atoms. The van der Waals surface area contributed by atoms with E-state index in [1.807, 2.05) is 0 Å². The Kier molecular flexibility index (Phi) is 6.67. The standard InChI is InChI=1S/C20H24N2O6/c1-25-10-11-28-17-13-18(23)22-7-9-27-8-6-16(22)19(17)20(24)21-14-4-3-5-15(12-14)26-2/h3-5,12-13H,6-11H2,1-2H3,(H,21,24). The van der Waals surface area contributed by atoms with Crippen molar-refractivity contribution in [3.8, 4) is 11.5 Å². The number of hydrogen-bond donors (Lipinski definition) is 1. The third kappa shape index (κ3) is 4.52. The number of nitrogens with zero attached hydrogens (tertiary/aromatic N) is 1. The van der Waals surface area contributed by atoms with Crippen LogP contribution in [0.25, 0.3) is 0 Å². The molecular weight excluding hydrogens is 364 g/mol. The number of carbonyl (C=O) groups excluding carboxylic acids is 1.